The van der Waals surface area contributed by atoms with Crippen LogP contribution in [0.15, 0.2) is 146 Å². The number of amides is 2. The van der Waals surface area contributed by atoms with Crippen molar-refractivity contribution in [3.8, 4) is 11.1 Å². The zero-order valence-electron chi connectivity index (χ0n) is 23.9. The van der Waals surface area contributed by atoms with Crippen molar-refractivity contribution >= 4 is 68.4 Å². The van der Waals surface area contributed by atoms with Crippen LogP contribution in [0.4, 0.5) is 11.4 Å². The highest BCUT2D eigenvalue weighted by molar-refractivity contribution is 14.1. The first-order valence-corrected chi connectivity index (χ1v) is 16.6. The Morgan fingerprint density at radius 1 is 0.444 bits per heavy atom. The molecule has 0 saturated carbocycles. The molecule has 1 aliphatic rings. The maximum absolute atomic E-state index is 13.1. The fourth-order valence-corrected chi connectivity index (χ4v) is 7.58. The van der Waals surface area contributed by atoms with Gasteiger partial charge in [-0.05, 0) is 127 Å². The molecule has 6 heteroatoms. The topological polar surface area (TPSA) is 58.2 Å². The van der Waals surface area contributed by atoms with Crippen LogP contribution in [0.2, 0.25) is 0 Å². The first-order valence-electron chi connectivity index (χ1n) is 14.5. The van der Waals surface area contributed by atoms with Gasteiger partial charge in [0.05, 0.1) is 16.5 Å². The quantitative estimate of drug-likeness (QED) is 0.165. The van der Waals surface area contributed by atoms with Gasteiger partial charge in [-0.25, -0.2) is 0 Å². The molecule has 7 rings (SSSR count). The lowest BCUT2D eigenvalue weighted by Crippen LogP contribution is -2.28. The first-order chi connectivity index (χ1) is 22.0. The van der Waals surface area contributed by atoms with Gasteiger partial charge in [0.2, 0.25) is 0 Å². The molecule has 0 saturated heterocycles. The summed E-state index contributed by atoms with van der Waals surface area (Å²) in [6.45, 7) is 0. The molecule has 0 aromatic heterocycles. The minimum Gasteiger partial charge on any atom is -0.322 e. The number of benzene rings is 6. The van der Waals surface area contributed by atoms with E-state index in [1.165, 1.54) is 22.3 Å². The highest BCUT2D eigenvalue weighted by Gasteiger charge is 2.45. The molecule has 2 amide bonds. The zero-order chi connectivity index (χ0) is 31.0. The van der Waals surface area contributed by atoms with Gasteiger partial charge in [-0.3, -0.25) is 9.59 Å². The molecule has 0 bridgehead atoms. The third kappa shape index (κ3) is 5.25. The normalized spacial score (nSPS) is 12.6. The van der Waals surface area contributed by atoms with Crippen molar-refractivity contribution in [3.63, 3.8) is 0 Å². The molecular formula is C39H26I2N2O2. The lowest BCUT2D eigenvalue weighted by Gasteiger charge is -2.34. The molecule has 4 nitrogen and oxygen atoms in total. The van der Waals surface area contributed by atoms with Crippen LogP contribution in [0.25, 0.3) is 11.1 Å². The van der Waals surface area contributed by atoms with E-state index in [-0.39, 0.29) is 11.8 Å². The van der Waals surface area contributed by atoms with Crippen LogP contribution in [0, 0.1) is 7.14 Å². The highest BCUT2D eigenvalue weighted by Crippen LogP contribution is 2.56. The smallest absolute Gasteiger partial charge is 0.256 e. The number of nitrogens with one attached hydrogen (secondary N) is 2. The summed E-state index contributed by atoms with van der Waals surface area (Å²) in [4.78, 5) is 26.1. The summed E-state index contributed by atoms with van der Waals surface area (Å²) < 4.78 is 1.81. The van der Waals surface area contributed by atoms with Crippen LogP contribution in [-0.4, -0.2) is 11.8 Å². The van der Waals surface area contributed by atoms with Crippen LogP contribution >= 0.6 is 45.2 Å². The molecule has 0 unspecified atom stereocenters. The summed E-state index contributed by atoms with van der Waals surface area (Å²) in [5.41, 5.74) is 9.10. The number of halogens is 2. The number of hydrogen-bond donors (Lipinski definition) is 2. The molecule has 218 valence electrons. The number of rotatable bonds is 6. The van der Waals surface area contributed by atoms with Gasteiger partial charge in [0.15, 0.2) is 0 Å². The van der Waals surface area contributed by atoms with Crippen LogP contribution in [0.5, 0.6) is 0 Å². The monoisotopic (exact) mass is 808 g/mol. The molecule has 2 N–H and O–H groups in total. The van der Waals surface area contributed by atoms with E-state index in [4.69, 9.17) is 0 Å². The van der Waals surface area contributed by atoms with Crippen LogP contribution in [-0.2, 0) is 5.41 Å². The Morgan fingerprint density at radius 2 is 0.800 bits per heavy atom. The van der Waals surface area contributed by atoms with Crippen LogP contribution in [0.3, 0.4) is 0 Å². The second-order valence-electron chi connectivity index (χ2n) is 10.9. The Kier molecular flexibility index (Phi) is 8.01. The third-order valence-corrected chi connectivity index (χ3v) is 10.2. The molecule has 0 spiro atoms. The molecule has 6 aromatic carbocycles. The third-order valence-electron chi connectivity index (χ3n) is 8.34. The van der Waals surface area contributed by atoms with Crippen molar-refractivity contribution in [1.82, 2.24) is 0 Å². The molecule has 6 aromatic rings. The molecule has 0 aliphatic heterocycles. The van der Waals surface area contributed by atoms with E-state index in [1.54, 1.807) is 0 Å². The van der Waals surface area contributed by atoms with E-state index in [9.17, 15) is 9.59 Å². The molecular weight excluding hydrogens is 782 g/mol. The van der Waals surface area contributed by atoms with Gasteiger partial charge in [-0.2, -0.15) is 0 Å². The van der Waals surface area contributed by atoms with Gasteiger partial charge in [0, 0.05) is 18.5 Å². The second-order valence-corrected chi connectivity index (χ2v) is 13.2. The SMILES string of the molecule is O=C(Nc1ccc(C2(c3ccc(NC(=O)c4ccccc4I)cc3)c3ccccc3-c3ccccc32)cc1)c1ccccc1I. The average molecular weight is 808 g/mol. The summed E-state index contributed by atoms with van der Waals surface area (Å²) >= 11 is 4.37. The summed E-state index contributed by atoms with van der Waals surface area (Å²) in [7, 11) is 0. The Labute approximate surface area is 289 Å². The molecule has 45 heavy (non-hydrogen) atoms. The van der Waals surface area contributed by atoms with Gasteiger partial charge >= 0.3 is 0 Å². The predicted molar refractivity (Wildman–Crippen MR) is 198 cm³/mol. The highest BCUT2D eigenvalue weighted by atomic mass is 127. The zero-order valence-corrected chi connectivity index (χ0v) is 28.2. The standard InChI is InChI=1S/C39H26I2N2O2/c40-35-15-7-3-11-31(35)37(44)42-27-21-17-25(18-22-27)39(33-13-5-1-9-29(33)30-10-2-6-14-34(30)39)26-19-23-28(24-20-26)43-38(45)32-12-4-8-16-36(32)41/h1-24H,(H,42,44)(H,43,45). The van der Waals surface area contributed by atoms with Gasteiger partial charge in [0.1, 0.15) is 0 Å². The number of carbonyl (C=O) groups is 2. The lowest BCUT2D eigenvalue weighted by atomic mass is 9.67. The Balaban J connectivity index is 1.30. The Hall–Kier alpha value is -4.28. The van der Waals surface area contributed by atoms with E-state index in [0.717, 1.165) is 29.6 Å². The summed E-state index contributed by atoms with van der Waals surface area (Å²) in [5, 5.41) is 6.13. The maximum atomic E-state index is 13.1. The Morgan fingerprint density at radius 3 is 1.20 bits per heavy atom. The number of carbonyl (C=O) groups excluding carboxylic acids is 2. The predicted octanol–water partition coefficient (Wildman–Crippen LogP) is 9.76. The lowest BCUT2D eigenvalue weighted by molar-refractivity contribution is 0.101. The summed E-state index contributed by atoms with van der Waals surface area (Å²) in [6.07, 6.45) is 0. The summed E-state index contributed by atoms with van der Waals surface area (Å²) in [5.74, 6) is -0.274. The van der Waals surface area contributed by atoms with E-state index >= 15 is 0 Å². The molecule has 0 radical (unpaired) electrons. The van der Waals surface area contributed by atoms with Crippen molar-refractivity contribution in [2.24, 2.45) is 0 Å². The first kappa shape index (κ1) is 29.4. The molecule has 0 atom stereocenters. The van der Waals surface area contributed by atoms with E-state index < -0.39 is 5.41 Å². The summed E-state index contributed by atoms with van der Waals surface area (Å²) in [6, 6.07) is 48.6. The molecule has 0 heterocycles. The number of hydrogen-bond acceptors (Lipinski definition) is 2. The molecule has 1 aliphatic carbocycles. The van der Waals surface area contributed by atoms with Crippen molar-refractivity contribution in [1.29, 1.82) is 0 Å². The second kappa shape index (κ2) is 12.3. The van der Waals surface area contributed by atoms with Crippen molar-refractivity contribution in [3.05, 3.63) is 186 Å². The largest absolute Gasteiger partial charge is 0.322 e. The van der Waals surface area contributed by atoms with Gasteiger partial charge in [-0.15, -0.1) is 0 Å². The number of anilines is 2. The van der Waals surface area contributed by atoms with Crippen molar-refractivity contribution < 1.29 is 9.59 Å². The average Bonchev–Trinajstić information content (AvgIpc) is 3.37. The minimum atomic E-state index is -0.595. The fraction of sp³-hybridized carbons (Fsp3) is 0.0256. The number of fused-ring (bicyclic) bond motifs is 3. The molecule has 0 fully saturated rings. The van der Waals surface area contributed by atoms with Gasteiger partial charge in [-0.1, -0.05) is 97.1 Å². The van der Waals surface area contributed by atoms with Crippen LogP contribution in [0.1, 0.15) is 43.0 Å². The minimum absolute atomic E-state index is 0.137. The van der Waals surface area contributed by atoms with Crippen molar-refractivity contribution in [2.75, 3.05) is 10.6 Å². The maximum Gasteiger partial charge on any atom is 0.256 e. The van der Waals surface area contributed by atoms with E-state index in [1.807, 2.05) is 72.8 Å². The van der Waals surface area contributed by atoms with Gasteiger partial charge in [0.25, 0.3) is 11.8 Å². The van der Waals surface area contributed by atoms with Crippen molar-refractivity contribution in [2.45, 2.75) is 5.41 Å². The van der Waals surface area contributed by atoms with E-state index in [0.29, 0.717) is 11.1 Å². The Bertz CT molecular complexity index is 1920. The van der Waals surface area contributed by atoms with Gasteiger partial charge < -0.3 is 10.6 Å². The van der Waals surface area contributed by atoms with Crippen LogP contribution < -0.4 is 10.6 Å². The van der Waals surface area contributed by atoms with E-state index in [2.05, 4.69) is 129 Å². The fourth-order valence-electron chi connectivity index (χ4n) is 6.32.